The predicted octanol–water partition coefficient (Wildman–Crippen LogP) is 3.70. The maximum absolute atomic E-state index is 13.0. The highest BCUT2D eigenvalue weighted by Gasteiger charge is 2.27. The van der Waals surface area contributed by atoms with Crippen molar-refractivity contribution < 1.29 is 29.0 Å². The van der Waals surface area contributed by atoms with Crippen molar-refractivity contribution >= 4 is 29.5 Å². The molecule has 0 saturated heterocycles. The molecule has 0 saturated carbocycles. The molecule has 3 rings (SSSR count). The summed E-state index contributed by atoms with van der Waals surface area (Å²) in [7, 11) is 3.08. The number of methoxy groups -OCH3 is 2. The summed E-state index contributed by atoms with van der Waals surface area (Å²) in [4.78, 5) is 24.3. The largest absolute Gasteiger partial charge is 0.496 e. The van der Waals surface area contributed by atoms with Crippen LogP contribution in [-0.4, -0.2) is 43.3 Å². The summed E-state index contributed by atoms with van der Waals surface area (Å²) in [6.45, 7) is 3.69. The number of hydrogen-bond acceptors (Lipinski definition) is 7. The standard InChI is InChI=1S/C24H26N2O6/c1-24(2)12-11-17-20(30-3)10-7-16(23(17)32-24)19(27)8-5-15-6-9-21(31-4)18(13-15)25-14-22(28)26-29/h5-13,25,29H,14H2,1-4H3,(H,26,28)/b8-5+. The first-order chi connectivity index (χ1) is 15.3. The summed E-state index contributed by atoms with van der Waals surface area (Å²) in [5, 5.41) is 11.5. The van der Waals surface area contributed by atoms with Gasteiger partial charge in [0, 0.05) is 0 Å². The molecule has 1 aliphatic rings. The van der Waals surface area contributed by atoms with Gasteiger partial charge in [0.05, 0.1) is 37.6 Å². The average Bonchev–Trinajstić information content (AvgIpc) is 2.79. The number of ether oxygens (including phenoxy) is 3. The highest BCUT2D eigenvalue weighted by atomic mass is 16.5. The van der Waals surface area contributed by atoms with Crippen molar-refractivity contribution in [1.82, 2.24) is 5.48 Å². The highest BCUT2D eigenvalue weighted by molar-refractivity contribution is 6.09. The monoisotopic (exact) mass is 438 g/mol. The van der Waals surface area contributed by atoms with Crippen LogP contribution in [0.1, 0.15) is 35.3 Å². The van der Waals surface area contributed by atoms with Gasteiger partial charge < -0.3 is 19.5 Å². The van der Waals surface area contributed by atoms with Gasteiger partial charge in [-0.1, -0.05) is 12.1 Å². The summed E-state index contributed by atoms with van der Waals surface area (Å²) < 4.78 is 16.8. The van der Waals surface area contributed by atoms with Crippen molar-refractivity contribution in [3.05, 3.63) is 59.2 Å². The van der Waals surface area contributed by atoms with E-state index in [-0.39, 0.29) is 12.3 Å². The maximum atomic E-state index is 13.0. The second-order valence-corrected chi connectivity index (χ2v) is 7.64. The maximum Gasteiger partial charge on any atom is 0.262 e. The van der Waals surface area contributed by atoms with Crippen LogP contribution in [-0.2, 0) is 4.79 Å². The van der Waals surface area contributed by atoms with Crippen molar-refractivity contribution in [3.63, 3.8) is 0 Å². The van der Waals surface area contributed by atoms with Crippen LogP contribution in [0, 0.1) is 0 Å². The molecule has 1 amide bonds. The van der Waals surface area contributed by atoms with E-state index >= 15 is 0 Å². The molecule has 0 atom stereocenters. The fourth-order valence-electron chi connectivity index (χ4n) is 3.25. The molecule has 32 heavy (non-hydrogen) atoms. The number of hydrogen-bond donors (Lipinski definition) is 3. The van der Waals surface area contributed by atoms with Gasteiger partial charge in [-0.05, 0) is 61.9 Å². The van der Waals surface area contributed by atoms with Gasteiger partial charge in [-0.15, -0.1) is 0 Å². The smallest absolute Gasteiger partial charge is 0.262 e. The number of carbonyl (C=O) groups excluding carboxylic acids is 2. The van der Waals surface area contributed by atoms with Gasteiger partial charge in [0.15, 0.2) is 5.78 Å². The third-order valence-electron chi connectivity index (χ3n) is 4.87. The molecule has 168 valence electrons. The molecule has 8 nitrogen and oxygen atoms in total. The molecular formula is C24H26N2O6. The van der Waals surface area contributed by atoms with E-state index in [4.69, 9.17) is 19.4 Å². The molecule has 0 fully saturated rings. The number of ketones is 1. The van der Waals surface area contributed by atoms with E-state index in [0.717, 1.165) is 11.1 Å². The Morgan fingerprint density at radius 2 is 1.84 bits per heavy atom. The average molecular weight is 438 g/mol. The Morgan fingerprint density at radius 3 is 2.53 bits per heavy atom. The van der Waals surface area contributed by atoms with E-state index in [1.54, 1.807) is 49.0 Å². The van der Waals surface area contributed by atoms with Gasteiger partial charge in [0.1, 0.15) is 22.8 Å². The fraction of sp³-hybridized carbons (Fsp3) is 0.250. The molecule has 1 heterocycles. The quantitative estimate of drug-likeness (QED) is 0.250. The van der Waals surface area contributed by atoms with Crippen LogP contribution in [0.15, 0.2) is 42.5 Å². The number of allylic oxidation sites excluding steroid dienone is 1. The third kappa shape index (κ3) is 5.09. The minimum absolute atomic E-state index is 0.141. The zero-order valence-corrected chi connectivity index (χ0v) is 18.4. The molecule has 0 radical (unpaired) electrons. The number of fused-ring (bicyclic) bond motifs is 1. The number of amides is 1. The highest BCUT2D eigenvalue weighted by Crippen LogP contribution is 2.40. The molecule has 0 aliphatic carbocycles. The van der Waals surface area contributed by atoms with Crippen LogP contribution in [0.25, 0.3) is 12.2 Å². The zero-order chi connectivity index (χ0) is 23.3. The van der Waals surface area contributed by atoms with Gasteiger partial charge in [0.25, 0.3) is 5.91 Å². The zero-order valence-electron chi connectivity index (χ0n) is 18.4. The molecule has 0 spiro atoms. The Labute approximate surface area is 186 Å². The topological polar surface area (TPSA) is 106 Å². The van der Waals surface area contributed by atoms with E-state index in [1.165, 1.54) is 13.2 Å². The minimum atomic E-state index is -0.593. The third-order valence-corrected chi connectivity index (χ3v) is 4.87. The van der Waals surface area contributed by atoms with E-state index in [2.05, 4.69) is 5.32 Å². The summed E-state index contributed by atoms with van der Waals surface area (Å²) >= 11 is 0. The van der Waals surface area contributed by atoms with Crippen molar-refractivity contribution in [3.8, 4) is 17.2 Å². The van der Waals surface area contributed by atoms with Crippen LogP contribution in [0.3, 0.4) is 0 Å². The lowest BCUT2D eigenvalue weighted by atomic mass is 9.97. The molecule has 2 aromatic rings. The summed E-state index contributed by atoms with van der Waals surface area (Å²) in [6, 6.07) is 8.67. The van der Waals surface area contributed by atoms with Gasteiger partial charge in [0.2, 0.25) is 0 Å². The lowest BCUT2D eigenvalue weighted by Gasteiger charge is -2.29. The first kappa shape index (κ1) is 22.9. The van der Waals surface area contributed by atoms with Gasteiger partial charge in [-0.2, -0.15) is 0 Å². The number of rotatable bonds is 8. The minimum Gasteiger partial charge on any atom is -0.496 e. The lowest BCUT2D eigenvalue weighted by Crippen LogP contribution is -2.28. The molecule has 8 heteroatoms. The summed E-state index contributed by atoms with van der Waals surface area (Å²) in [5.41, 5.74) is 3.43. The van der Waals surface area contributed by atoms with E-state index in [9.17, 15) is 9.59 Å². The van der Waals surface area contributed by atoms with Gasteiger partial charge in [-0.3, -0.25) is 14.8 Å². The Kier molecular flexibility index (Phi) is 6.85. The number of carbonyl (C=O) groups is 2. The van der Waals surface area contributed by atoms with Gasteiger partial charge in [-0.25, -0.2) is 5.48 Å². The SMILES string of the molecule is COc1ccc(/C=C/C(=O)c2ccc(OC)c3c2OC(C)(C)C=C3)cc1NCC(=O)NO. The summed E-state index contributed by atoms with van der Waals surface area (Å²) in [5.74, 6) is 0.818. The van der Waals surface area contributed by atoms with Crippen molar-refractivity contribution in [2.75, 3.05) is 26.1 Å². The van der Waals surface area contributed by atoms with Crippen molar-refractivity contribution in [2.45, 2.75) is 19.4 Å². The van der Waals surface area contributed by atoms with Crippen LogP contribution < -0.4 is 25.0 Å². The number of anilines is 1. The molecule has 0 bridgehead atoms. The van der Waals surface area contributed by atoms with E-state index in [1.807, 2.05) is 26.0 Å². The number of nitrogens with one attached hydrogen (secondary N) is 2. The molecule has 1 aliphatic heterocycles. The van der Waals surface area contributed by atoms with Crippen molar-refractivity contribution in [2.24, 2.45) is 0 Å². The molecule has 0 aromatic heterocycles. The Hall–Kier alpha value is -3.78. The summed E-state index contributed by atoms with van der Waals surface area (Å²) in [6.07, 6.45) is 6.95. The number of hydroxylamine groups is 1. The molecule has 2 aromatic carbocycles. The predicted molar refractivity (Wildman–Crippen MR) is 122 cm³/mol. The van der Waals surface area contributed by atoms with Crippen LogP contribution in [0.2, 0.25) is 0 Å². The Morgan fingerprint density at radius 1 is 1.12 bits per heavy atom. The lowest BCUT2D eigenvalue weighted by molar-refractivity contribution is -0.127. The Bertz CT molecular complexity index is 1090. The van der Waals surface area contributed by atoms with E-state index < -0.39 is 11.5 Å². The van der Waals surface area contributed by atoms with Crippen LogP contribution >= 0.6 is 0 Å². The van der Waals surface area contributed by atoms with E-state index in [0.29, 0.717) is 28.5 Å². The Balaban J connectivity index is 1.87. The van der Waals surface area contributed by atoms with Crippen molar-refractivity contribution in [1.29, 1.82) is 0 Å². The molecule has 3 N–H and O–H groups in total. The molecular weight excluding hydrogens is 412 g/mol. The first-order valence-corrected chi connectivity index (χ1v) is 9.94. The first-order valence-electron chi connectivity index (χ1n) is 9.94. The normalized spacial score (nSPS) is 13.8. The second-order valence-electron chi connectivity index (χ2n) is 7.64. The second kappa shape index (κ2) is 9.57. The van der Waals surface area contributed by atoms with Gasteiger partial charge >= 0.3 is 0 Å². The van der Waals surface area contributed by atoms with Crippen LogP contribution in [0.4, 0.5) is 5.69 Å². The fourth-order valence-corrected chi connectivity index (χ4v) is 3.25. The molecule has 0 unspecified atom stereocenters. The number of benzene rings is 2. The van der Waals surface area contributed by atoms with Crippen LogP contribution in [0.5, 0.6) is 17.2 Å².